The van der Waals surface area contributed by atoms with Crippen LogP contribution < -0.4 is 0 Å². The lowest BCUT2D eigenvalue weighted by atomic mass is 10.1. The summed E-state index contributed by atoms with van der Waals surface area (Å²) in [4.78, 5) is 35.3. The summed E-state index contributed by atoms with van der Waals surface area (Å²) in [5.74, 6) is -1.28. The normalized spacial score (nSPS) is 10.8. The van der Waals surface area contributed by atoms with Crippen molar-refractivity contribution in [3.63, 3.8) is 0 Å². The van der Waals surface area contributed by atoms with Crippen LogP contribution in [0.4, 0.5) is 0 Å². The molecule has 6 nitrogen and oxygen atoms in total. The zero-order valence-electron chi connectivity index (χ0n) is 15.2. The van der Waals surface area contributed by atoms with Gasteiger partial charge in [0.1, 0.15) is 0 Å². The highest BCUT2D eigenvalue weighted by molar-refractivity contribution is 6.00. The van der Waals surface area contributed by atoms with Crippen molar-refractivity contribution in [2.45, 2.75) is 13.8 Å². The van der Waals surface area contributed by atoms with Crippen LogP contribution in [0.5, 0.6) is 0 Å². The van der Waals surface area contributed by atoms with Crippen molar-refractivity contribution in [3.05, 3.63) is 64.5 Å². The molecule has 0 spiro atoms. The highest BCUT2D eigenvalue weighted by Crippen LogP contribution is 2.14. The molecular weight excluding hydrogens is 334 g/mol. The number of carbonyl (C=O) groups excluding carboxylic acids is 3. The van der Waals surface area contributed by atoms with Crippen LogP contribution in [0.3, 0.4) is 0 Å². The van der Waals surface area contributed by atoms with E-state index in [1.807, 2.05) is 25.5 Å². The fourth-order valence-electron chi connectivity index (χ4n) is 2.41. The number of benzene rings is 1. The van der Waals surface area contributed by atoms with Gasteiger partial charge in [0.25, 0.3) is 0 Å². The molecule has 2 rings (SSSR count). The molecule has 0 unspecified atom stereocenters. The largest absolute Gasteiger partial charge is 0.465 e. The van der Waals surface area contributed by atoms with Gasteiger partial charge in [0.2, 0.25) is 5.78 Å². The molecule has 0 aliphatic rings. The number of aromatic nitrogens is 1. The van der Waals surface area contributed by atoms with Crippen molar-refractivity contribution in [1.29, 1.82) is 0 Å². The van der Waals surface area contributed by atoms with Crippen LogP contribution >= 0.6 is 0 Å². The van der Waals surface area contributed by atoms with Gasteiger partial charge in [-0.3, -0.25) is 4.79 Å². The average molecular weight is 355 g/mol. The number of hydrogen-bond acceptors (Lipinski definition) is 5. The molecule has 6 heteroatoms. The average Bonchev–Trinajstić information content (AvgIpc) is 2.91. The van der Waals surface area contributed by atoms with Crippen LogP contribution in [0.25, 0.3) is 6.08 Å². The Morgan fingerprint density at radius 2 is 1.77 bits per heavy atom. The third-order valence-electron chi connectivity index (χ3n) is 4.16. The van der Waals surface area contributed by atoms with Gasteiger partial charge in [-0.15, -0.1) is 0 Å². The van der Waals surface area contributed by atoms with E-state index in [0.717, 1.165) is 17.0 Å². The van der Waals surface area contributed by atoms with Gasteiger partial charge in [0.15, 0.2) is 6.61 Å². The molecule has 0 amide bonds. The highest BCUT2D eigenvalue weighted by atomic mass is 16.5. The van der Waals surface area contributed by atoms with Crippen LogP contribution in [0.15, 0.2) is 36.4 Å². The molecule has 0 aliphatic carbocycles. The Kier molecular flexibility index (Phi) is 6.11. The molecule has 2 aromatic rings. The number of ether oxygens (including phenoxy) is 2. The number of ketones is 1. The van der Waals surface area contributed by atoms with Crippen molar-refractivity contribution < 1.29 is 23.9 Å². The molecule has 0 N–H and O–H groups in total. The van der Waals surface area contributed by atoms with Crippen molar-refractivity contribution >= 4 is 23.8 Å². The van der Waals surface area contributed by atoms with Crippen LogP contribution in [0.1, 0.15) is 37.7 Å². The fourth-order valence-corrected chi connectivity index (χ4v) is 2.41. The van der Waals surface area contributed by atoms with Crippen LogP contribution in [-0.4, -0.2) is 36.0 Å². The maximum Gasteiger partial charge on any atom is 0.337 e. The van der Waals surface area contributed by atoms with Gasteiger partial charge in [-0.1, -0.05) is 12.1 Å². The quantitative estimate of drug-likeness (QED) is 0.452. The number of carbonyl (C=O) groups is 3. The second kappa shape index (κ2) is 8.29. The Morgan fingerprint density at radius 1 is 1.12 bits per heavy atom. The minimum atomic E-state index is -0.610. The zero-order valence-corrected chi connectivity index (χ0v) is 15.2. The molecule has 0 atom stereocenters. The van der Waals surface area contributed by atoms with Gasteiger partial charge in [-0.25, -0.2) is 9.59 Å². The third kappa shape index (κ3) is 4.47. The molecule has 136 valence electrons. The summed E-state index contributed by atoms with van der Waals surface area (Å²) in [7, 11) is 3.19. The number of methoxy groups -OCH3 is 1. The van der Waals surface area contributed by atoms with E-state index in [0.29, 0.717) is 11.1 Å². The van der Waals surface area contributed by atoms with Gasteiger partial charge < -0.3 is 14.0 Å². The Morgan fingerprint density at radius 3 is 2.31 bits per heavy atom. The minimum Gasteiger partial charge on any atom is -0.465 e. The lowest BCUT2D eigenvalue weighted by Gasteiger charge is -2.03. The first kappa shape index (κ1) is 19.2. The van der Waals surface area contributed by atoms with Gasteiger partial charge in [-0.05, 0) is 43.7 Å². The van der Waals surface area contributed by atoms with Gasteiger partial charge in [-0.2, -0.15) is 0 Å². The lowest BCUT2D eigenvalue weighted by Crippen LogP contribution is -2.13. The first-order valence-electron chi connectivity index (χ1n) is 8.02. The lowest BCUT2D eigenvalue weighted by molar-refractivity contribution is -0.136. The van der Waals surface area contributed by atoms with E-state index in [1.165, 1.54) is 13.2 Å². The standard InChI is InChI=1S/C20H21NO5/c1-13-11-17(14(2)21(13)3)18(22)12-26-19(23)10-7-15-5-8-16(9-6-15)20(24)25-4/h5-11H,12H2,1-4H3/b10-7+. The Hall–Kier alpha value is -3.15. The van der Waals surface area contributed by atoms with Gasteiger partial charge in [0, 0.05) is 30.1 Å². The molecule has 1 heterocycles. The predicted octanol–water partition coefficient (Wildman–Crippen LogP) is 2.87. The maximum absolute atomic E-state index is 12.2. The van der Waals surface area contributed by atoms with Crippen molar-refractivity contribution in [1.82, 2.24) is 4.57 Å². The first-order valence-corrected chi connectivity index (χ1v) is 8.02. The van der Waals surface area contributed by atoms with Gasteiger partial charge >= 0.3 is 11.9 Å². The van der Waals surface area contributed by atoms with E-state index in [1.54, 1.807) is 36.4 Å². The van der Waals surface area contributed by atoms with E-state index in [2.05, 4.69) is 4.74 Å². The minimum absolute atomic E-state index is 0.240. The summed E-state index contributed by atoms with van der Waals surface area (Å²) < 4.78 is 11.5. The van der Waals surface area contributed by atoms with Crippen LogP contribution in [0, 0.1) is 13.8 Å². The topological polar surface area (TPSA) is 74.6 Å². The Balaban J connectivity index is 1.92. The van der Waals surface area contributed by atoms with E-state index in [9.17, 15) is 14.4 Å². The van der Waals surface area contributed by atoms with E-state index in [4.69, 9.17) is 4.74 Å². The summed E-state index contributed by atoms with van der Waals surface area (Å²) in [6.45, 7) is 3.44. The first-order chi connectivity index (χ1) is 12.3. The van der Waals surface area contributed by atoms with E-state index in [-0.39, 0.29) is 12.4 Å². The second-order valence-corrected chi connectivity index (χ2v) is 5.82. The molecule has 0 radical (unpaired) electrons. The maximum atomic E-state index is 12.2. The van der Waals surface area contributed by atoms with Gasteiger partial charge in [0.05, 0.1) is 12.7 Å². The Bertz CT molecular complexity index is 859. The molecule has 0 saturated carbocycles. The Labute approximate surface area is 152 Å². The predicted molar refractivity (Wildman–Crippen MR) is 97.0 cm³/mol. The monoisotopic (exact) mass is 355 g/mol. The van der Waals surface area contributed by atoms with Crippen molar-refractivity contribution in [3.8, 4) is 0 Å². The van der Waals surface area contributed by atoms with Crippen molar-refractivity contribution in [2.24, 2.45) is 7.05 Å². The van der Waals surface area contributed by atoms with Crippen LogP contribution in [0.2, 0.25) is 0 Å². The second-order valence-electron chi connectivity index (χ2n) is 5.82. The van der Waals surface area contributed by atoms with E-state index >= 15 is 0 Å². The molecule has 0 fully saturated rings. The zero-order chi connectivity index (χ0) is 19.3. The number of rotatable bonds is 6. The molecule has 1 aromatic heterocycles. The smallest absolute Gasteiger partial charge is 0.337 e. The summed E-state index contributed by atoms with van der Waals surface area (Å²) in [6.07, 6.45) is 2.79. The molecule has 26 heavy (non-hydrogen) atoms. The van der Waals surface area contributed by atoms with Crippen molar-refractivity contribution in [2.75, 3.05) is 13.7 Å². The number of Topliss-reactive ketones (excluding diaryl/α,β-unsaturated/α-hetero) is 1. The number of hydrogen-bond donors (Lipinski definition) is 0. The molecule has 1 aromatic carbocycles. The highest BCUT2D eigenvalue weighted by Gasteiger charge is 2.15. The molecule has 0 bridgehead atoms. The molecule has 0 aliphatic heterocycles. The molecular formula is C20H21NO5. The molecule has 0 saturated heterocycles. The van der Waals surface area contributed by atoms with E-state index < -0.39 is 11.9 Å². The third-order valence-corrected chi connectivity index (χ3v) is 4.16. The summed E-state index contributed by atoms with van der Waals surface area (Å²) in [6, 6.07) is 8.33. The number of aryl methyl sites for hydroxylation is 1. The number of esters is 2. The summed E-state index contributed by atoms with van der Waals surface area (Å²) in [5, 5.41) is 0. The summed E-state index contributed by atoms with van der Waals surface area (Å²) >= 11 is 0. The number of nitrogens with zero attached hydrogens (tertiary/aromatic N) is 1. The SMILES string of the molecule is COC(=O)c1ccc(/C=C/C(=O)OCC(=O)c2cc(C)n(C)c2C)cc1. The fraction of sp³-hybridized carbons (Fsp3) is 0.250. The van der Waals surface area contributed by atoms with Crippen LogP contribution in [-0.2, 0) is 21.3 Å². The summed E-state index contributed by atoms with van der Waals surface area (Å²) in [5.41, 5.74) is 3.50.